The molecule has 9 rings (SSSR count). The molecule has 46 heavy (non-hydrogen) atoms. The largest absolute Gasteiger partial charge is 0.454 e. The average Bonchev–Trinajstić information content (AvgIpc) is 3.52. The van der Waals surface area contributed by atoms with Crippen molar-refractivity contribution in [2.75, 3.05) is 4.90 Å². The third kappa shape index (κ3) is 4.12. The summed E-state index contributed by atoms with van der Waals surface area (Å²) < 4.78 is 6.76. The van der Waals surface area contributed by atoms with Gasteiger partial charge in [0.25, 0.3) is 0 Å². The Balaban J connectivity index is 1.50. The van der Waals surface area contributed by atoms with Crippen LogP contribution in [0.5, 0.6) is 0 Å². The van der Waals surface area contributed by atoms with Crippen molar-refractivity contribution in [2.24, 2.45) is 0 Å². The van der Waals surface area contributed by atoms with E-state index in [0.29, 0.717) is 0 Å². The predicted molar refractivity (Wildman–Crippen MR) is 194 cm³/mol. The first-order valence-corrected chi connectivity index (χ1v) is 15.7. The van der Waals surface area contributed by atoms with E-state index in [1.165, 1.54) is 32.7 Å². The maximum Gasteiger partial charge on any atom is 0.159 e. The van der Waals surface area contributed by atoms with Crippen LogP contribution < -0.4 is 4.90 Å². The predicted octanol–water partition coefficient (Wildman–Crippen LogP) is 12.7. The molecule has 8 aromatic carbocycles. The lowest BCUT2D eigenvalue weighted by Gasteiger charge is -2.32. The monoisotopic (exact) mass is 587 g/mol. The van der Waals surface area contributed by atoms with E-state index in [1.54, 1.807) is 0 Å². The molecule has 0 saturated carbocycles. The van der Waals surface area contributed by atoms with E-state index in [2.05, 4.69) is 175 Å². The van der Waals surface area contributed by atoms with Crippen LogP contribution in [0.3, 0.4) is 0 Å². The smallest absolute Gasteiger partial charge is 0.159 e. The minimum Gasteiger partial charge on any atom is -0.454 e. The second-order valence-corrected chi connectivity index (χ2v) is 11.7. The van der Waals surface area contributed by atoms with Gasteiger partial charge in [0.15, 0.2) is 5.58 Å². The van der Waals surface area contributed by atoms with Crippen LogP contribution in [0.1, 0.15) is 0 Å². The van der Waals surface area contributed by atoms with Crippen LogP contribution in [-0.2, 0) is 0 Å². The van der Waals surface area contributed by atoms with Crippen LogP contribution in [0.4, 0.5) is 17.1 Å². The molecule has 2 nitrogen and oxygen atoms in total. The average molecular weight is 588 g/mol. The van der Waals surface area contributed by atoms with Gasteiger partial charge in [0.2, 0.25) is 0 Å². The zero-order valence-corrected chi connectivity index (χ0v) is 25.1. The van der Waals surface area contributed by atoms with Crippen LogP contribution in [0.2, 0.25) is 0 Å². The molecule has 9 aromatic rings. The number of rotatable bonds is 5. The molecule has 1 heterocycles. The SMILES string of the molecule is c1ccc(-c2ccccc2N(c2c(-c3ccccc3)c3ccccc3c3ccccc23)c2cccc3c2oc2ccccc23)cc1. The zero-order chi connectivity index (χ0) is 30.5. The summed E-state index contributed by atoms with van der Waals surface area (Å²) in [6, 6.07) is 62.6. The normalized spacial score (nSPS) is 11.5. The number of para-hydroxylation sites is 3. The first-order chi connectivity index (χ1) is 22.9. The molecule has 0 amide bonds. The van der Waals surface area contributed by atoms with Crippen molar-refractivity contribution in [1.82, 2.24) is 0 Å². The summed E-state index contributed by atoms with van der Waals surface area (Å²) in [6.07, 6.45) is 0. The van der Waals surface area contributed by atoms with E-state index < -0.39 is 0 Å². The number of benzene rings is 8. The fourth-order valence-electron chi connectivity index (χ4n) is 7.06. The molecule has 0 fully saturated rings. The van der Waals surface area contributed by atoms with Crippen LogP contribution in [0.15, 0.2) is 180 Å². The maximum absolute atomic E-state index is 6.76. The highest BCUT2D eigenvalue weighted by Crippen LogP contribution is 2.52. The summed E-state index contributed by atoms with van der Waals surface area (Å²) in [5, 5.41) is 7.05. The fraction of sp³-hybridized carbons (Fsp3) is 0. The molecule has 216 valence electrons. The summed E-state index contributed by atoms with van der Waals surface area (Å²) in [6.45, 7) is 0. The third-order valence-corrected chi connectivity index (χ3v) is 9.05. The van der Waals surface area contributed by atoms with Crippen LogP contribution in [-0.4, -0.2) is 0 Å². The van der Waals surface area contributed by atoms with Crippen molar-refractivity contribution < 1.29 is 4.42 Å². The lowest BCUT2D eigenvalue weighted by molar-refractivity contribution is 0.669. The van der Waals surface area contributed by atoms with Gasteiger partial charge in [-0.3, -0.25) is 0 Å². The lowest BCUT2D eigenvalue weighted by Crippen LogP contribution is -2.13. The molecule has 0 N–H and O–H groups in total. The highest BCUT2D eigenvalue weighted by Gasteiger charge is 2.27. The number of nitrogens with zero attached hydrogens (tertiary/aromatic N) is 1. The van der Waals surface area contributed by atoms with Gasteiger partial charge in [0.1, 0.15) is 5.58 Å². The molecule has 2 heteroatoms. The standard InChI is InChI=1S/C44H29NO/c1-3-16-30(17-4-1)32-20-11-13-27-39(32)45(40-28-15-26-38-35-23-12-14-29-41(35)46-44(38)40)43-37-25-10-8-22-34(37)33-21-7-9-24-36(33)42(43)31-18-5-2-6-19-31/h1-29H. The summed E-state index contributed by atoms with van der Waals surface area (Å²) in [7, 11) is 0. The van der Waals surface area contributed by atoms with E-state index >= 15 is 0 Å². The van der Waals surface area contributed by atoms with E-state index in [4.69, 9.17) is 4.42 Å². The van der Waals surface area contributed by atoms with Gasteiger partial charge in [-0.15, -0.1) is 0 Å². The minimum atomic E-state index is 0.864. The van der Waals surface area contributed by atoms with Crippen molar-refractivity contribution in [3.63, 3.8) is 0 Å². The van der Waals surface area contributed by atoms with Gasteiger partial charge in [0.05, 0.1) is 17.1 Å². The van der Waals surface area contributed by atoms with Gasteiger partial charge >= 0.3 is 0 Å². The van der Waals surface area contributed by atoms with E-state index in [9.17, 15) is 0 Å². The molecule has 0 bridgehead atoms. The van der Waals surface area contributed by atoms with Crippen molar-refractivity contribution in [3.8, 4) is 22.3 Å². The van der Waals surface area contributed by atoms with Gasteiger partial charge in [-0.2, -0.15) is 0 Å². The molecule has 0 aliphatic heterocycles. The molecular weight excluding hydrogens is 558 g/mol. The Hall–Kier alpha value is -6.12. The Morgan fingerprint density at radius 3 is 1.63 bits per heavy atom. The Morgan fingerprint density at radius 2 is 0.870 bits per heavy atom. The Kier molecular flexibility index (Phi) is 6.17. The lowest BCUT2D eigenvalue weighted by atomic mass is 9.89. The second kappa shape index (κ2) is 10.8. The summed E-state index contributed by atoms with van der Waals surface area (Å²) in [4.78, 5) is 2.45. The molecule has 1 aromatic heterocycles. The summed E-state index contributed by atoms with van der Waals surface area (Å²) in [5.74, 6) is 0. The fourth-order valence-corrected chi connectivity index (χ4v) is 7.06. The Bertz CT molecular complexity index is 2530. The number of fused-ring (bicyclic) bond motifs is 6. The Morgan fingerprint density at radius 1 is 0.348 bits per heavy atom. The number of hydrogen-bond acceptors (Lipinski definition) is 2. The van der Waals surface area contributed by atoms with E-state index in [-0.39, 0.29) is 0 Å². The highest BCUT2D eigenvalue weighted by atomic mass is 16.3. The molecule has 0 aliphatic rings. The van der Waals surface area contributed by atoms with Crippen LogP contribution in [0, 0.1) is 0 Å². The maximum atomic E-state index is 6.76. The van der Waals surface area contributed by atoms with Gasteiger partial charge in [0, 0.05) is 27.3 Å². The topological polar surface area (TPSA) is 16.4 Å². The summed E-state index contributed by atoms with van der Waals surface area (Å²) >= 11 is 0. The van der Waals surface area contributed by atoms with Gasteiger partial charge in [-0.1, -0.05) is 158 Å². The van der Waals surface area contributed by atoms with E-state index in [1.807, 2.05) is 6.07 Å². The number of anilines is 3. The van der Waals surface area contributed by atoms with Gasteiger partial charge in [-0.05, 0) is 45.5 Å². The van der Waals surface area contributed by atoms with Gasteiger partial charge < -0.3 is 9.32 Å². The molecule has 0 atom stereocenters. The Labute approximate surface area is 267 Å². The van der Waals surface area contributed by atoms with Crippen LogP contribution >= 0.6 is 0 Å². The highest BCUT2D eigenvalue weighted by molar-refractivity contribution is 6.23. The first-order valence-electron chi connectivity index (χ1n) is 15.7. The molecule has 0 aliphatic carbocycles. The minimum absolute atomic E-state index is 0.864. The summed E-state index contributed by atoms with van der Waals surface area (Å²) in [5.41, 5.74) is 9.60. The van der Waals surface area contributed by atoms with Gasteiger partial charge in [-0.25, -0.2) is 0 Å². The van der Waals surface area contributed by atoms with Crippen molar-refractivity contribution in [2.45, 2.75) is 0 Å². The first kappa shape index (κ1) is 26.3. The molecule has 0 radical (unpaired) electrons. The van der Waals surface area contributed by atoms with Crippen molar-refractivity contribution in [3.05, 3.63) is 176 Å². The quantitative estimate of drug-likeness (QED) is 0.186. The number of furan rings is 1. The molecule has 0 spiro atoms. The molecule has 0 unspecified atom stereocenters. The van der Waals surface area contributed by atoms with Crippen molar-refractivity contribution in [1.29, 1.82) is 0 Å². The molecular formula is C44H29NO. The third-order valence-electron chi connectivity index (χ3n) is 9.05. The van der Waals surface area contributed by atoms with Crippen LogP contribution in [0.25, 0.3) is 65.7 Å². The number of hydrogen-bond donors (Lipinski definition) is 0. The zero-order valence-electron chi connectivity index (χ0n) is 25.1. The molecule has 0 saturated heterocycles. The van der Waals surface area contributed by atoms with Crippen molar-refractivity contribution >= 4 is 60.5 Å². The second-order valence-electron chi connectivity index (χ2n) is 11.7. The van der Waals surface area contributed by atoms with E-state index in [0.717, 1.165) is 50.1 Å².